The van der Waals surface area contributed by atoms with E-state index < -0.39 is 0 Å². The van der Waals surface area contributed by atoms with Crippen LogP contribution in [0.4, 0.5) is 0 Å². The van der Waals surface area contributed by atoms with Crippen LogP contribution in [0.1, 0.15) is 10.8 Å². The SMILES string of the molecule is Cc1nc2c(cc(OCC(=O)N(C)Cc3ccco3)c3ccsc32)s1. The number of carbonyl (C=O) groups is 1. The number of hydrogen-bond acceptors (Lipinski definition) is 6. The molecule has 5 nitrogen and oxygen atoms in total. The highest BCUT2D eigenvalue weighted by molar-refractivity contribution is 7.21. The Bertz CT molecular complexity index is 1030. The summed E-state index contributed by atoms with van der Waals surface area (Å²) in [7, 11) is 1.74. The molecule has 0 fully saturated rings. The van der Waals surface area contributed by atoms with Crippen LogP contribution in [0.15, 0.2) is 40.3 Å². The van der Waals surface area contributed by atoms with E-state index in [2.05, 4.69) is 4.98 Å². The van der Waals surface area contributed by atoms with Crippen LogP contribution in [0.5, 0.6) is 5.75 Å². The van der Waals surface area contributed by atoms with Gasteiger partial charge in [0.1, 0.15) is 11.5 Å². The third-order valence-electron chi connectivity index (χ3n) is 3.92. The third kappa shape index (κ3) is 3.12. The molecule has 0 unspecified atom stereocenters. The molecule has 3 aromatic heterocycles. The predicted octanol–water partition coefficient (Wildman–Crippen LogP) is 4.45. The minimum Gasteiger partial charge on any atom is -0.483 e. The zero-order valence-electron chi connectivity index (χ0n) is 13.8. The Kier molecular flexibility index (Phi) is 4.19. The first kappa shape index (κ1) is 16.1. The molecule has 0 aliphatic heterocycles. The van der Waals surface area contributed by atoms with E-state index in [4.69, 9.17) is 9.15 Å². The molecule has 0 saturated carbocycles. The quantitative estimate of drug-likeness (QED) is 0.519. The number of ether oxygens (including phenoxy) is 1. The summed E-state index contributed by atoms with van der Waals surface area (Å²) >= 11 is 3.28. The molecule has 0 N–H and O–H groups in total. The standard InChI is InChI=1S/C18H16N2O3S2/c1-11-19-17-15(25-11)8-14(13-5-7-24-18(13)17)23-10-16(21)20(2)9-12-4-3-6-22-12/h3-8H,9-10H2,1-2H3. The molecule has 4 rings (SSSR count). The van der Waals surface area contributed by atoms with E-state index in [1.54, 1.807) is 40.9 Å². The van der Waals surface area contributed by atoms with Crippen LogP contribution in [0.3, 0.4) is 0 Å². The Morgan fingerprint density at radius 2 is 2.28 bits per heavy atom. The molecule has 0 bridgehead atoms. The summed E-state index contributed by atoms with van der Waals surface area (Å²) in [6, 6.07) is 7.65. The van der Waals surface area contributed by atoms with E-state index in [1.165, 1.54) is 0 Å². The number of likely N-dealkylation sites (N-methyl/N-ethyl adjacent to an activating group) is 1. The van der Waals surface area contributed by atoms with E-state index in [-0.39, 0.29) is 12.5 Å². The number of furan rings is 1. The van der Waals surface area contributed by atoms with Crippen molar-refractivity contribution in [1.82, 2.24) is 9.88 Å². The highest BCUT2D eigenvalue weighted by Gasteiger charge is 2.15. The van der Waals surface area contributed by atoms with Crippen molar-refractivity contribution in [2.24, 2.45) is 0 Å². The first-order chi connectivity index (χ1) is 12.1. The normalized spacial score (nSPS) is 11.3. The number of amides is 1. The molecule has 7 heteroatoms. The van der Waals surface area contributed by atoms with Crippen molar-refractivity contribution < 1.29 is 13.9 Å². The number of nitrogens with zero attached hydrogens (tertiary/aromatic N) is 2. The van der Waals surface area contributed by atoms with Crippen LogP contribution in [-0.4, -0.2) is 29.4 Å². The summed E-state index contributed by atoms with van der Waals surface area (Å²) in [4.78, 5) is 18.5. The van der Waals surface area contributed by atoms with Crippen molar-refractivity contribution in [3.05, 3.63) is 46.7 Å². The molecule has 4 aromatic rings. The van der Waals surface area contributed by atoms with Crippen molar-refractivity contribution >= 4 is 48.9 Å². The van der Waals surface area contributed by atoms with Gasteiger partial charge in [0.25, 0.3) is 5.91 Å². The molecule has 128 valence electrons. The Morgan fingerprint density at radius 1 is 1.40 bits per heavy atom. The van der Waals surface area contributed by atoms with Gasteiger partial charge in [0.2, 0.25) is 0 Å². The number of aromatic nitrogens is 1. The van der Waals surface area contributed by atoms with Gasteiger partial charge >= 0.3 is 0 Å². The molecule has 0 saturated heterocycles. The van der Waals surface area contributed by atoms with E-state index in [1.807, 2.05) is 36.6 Å². The number of rotatable bonds is 5. The lowest BCUT2D eigenvalue weighted by molar-refractivity contribution is -0.132. The van der Waals surface area contributed by atoms with Crippen LogP contribution in [0.25, 0.3) is 20.3 Å². The van der Waals surface area contributed by atoms with Crippen molar-refractivity contribution in [3.63, 3.8) is 0 Å². The molecule has 0 aliphatic carbocycles. The molecular formula is C18H16N2O3S2. The number of benzene rings is 1. The smallest absolute Gasteiger partial charge is 0.260 e. The maximum absolute atomic E-state index is 12.3. The number of thiazole rings is 1. The Labute approximate surface area is 152 Å². The van der Waals surface area contributed by atoms with Crippen LogP contribution < -0.4 is 4.74 Å². The topological polar surface area (TPSA) is 55.6 Å². The summed E-state index contributed by atoms with van der Waals surface area (Å²) in [5.41, 5.74) is 1.01. The fourth-order valence-electron chi connectivity index (χ4n) is 2.68. The van der Waals surface area contributed by atoms with E-state index >= 15 is 0 Å². The summed E-state index contributed by atoms with van der Waals surface area (Å²) in [5, 5.41) is 4.05. The molecule has 25 heavy (non-hydrogen) atoms. The lowest BCUT2D eigenvalue weighted by atomic mass is 10.2. The molecule has 0 aliphatic rings. The molecule has 3 heterocycles. The Balaban J connectivity index is 1.53. The fourth-order valence-corrected chi connectivity index (χ4v) is 4.51. The van der Waals surface area contributed by atoms with Crippen molar-refractivity contribution in [2.75, 3.05) is 13.7 Å². The van der Waals surface area contributed by atoms with Gasteiger partial charge in [-0.25, -0.2) is 4.98 Å². The van der Waals surface area contributed by atoms with Crippen LogP contribution >= 0.6 is 22.7 Å². The Morgan fingerprint density at radius 3 is 3.08 bits per heavy atom. The van der Waals surface area contributed by atoms with Gasteiger partial charge in [-0.05, 0) is 30.5 Å². The van der Waals surface area contributed by atoms with Crippen molar-refractivity contribution in [1.29, 1.82) is 0 Å². The lowest BCUT2D eigenvalue weighted by Gasteiger charge is -2.16. The molecule has 1 amide bonds. The van der Waals surface area contributed by atoms with E-state index in [0.29, 0.717) is 6.54 Å². The van der Waals surface area contributed by atoms with E-state index in [0.717, 1.165) is 36.8 Å². The third-order valence-corrected chi connectivity index (χ3v) is 5.76. The van der Waals surface area contributed by atoms with Crippen LogP contribution in [0.2, 0.25) is 0 Å². The van der Waals surface area contributed by atoms with Gasteiger partial charge in [-0.2, -0.15) is 0 Å². The molecule has 0 spiro atoms. The average Bonchev–Trinajstić information content (AvgIpc) is 3.31. The fraction of sp³-hybridized carbons (Fsp3) is 0.222. The van der Waals surface area contributed by atoms with Crippen LogP contribution in [0, 0.1) is 6.92 Å². The second-order valence-corrected chi connectivity index (χ2v) is 7.89. The molecular weight excluding hydrogens is 356 g/mol. The van der Waals surface area contributed by atoms with Gasteiger partial charge in [0.05, 0.1) is 32.7 Å². The second-order valence-electron chi connectivity index (χ2n) is 5.74. The number of hydrogen-bond donors (Lipinski definition) is 0. The van der Waals surface area contributed by atoms with Crippen molar-refractivity contribution in [3.8, 4) is 5.75 Å². The first-order valence-electron chi connectivity index (χ1n) is 7.78. The highest BCUT2D eigenvalue weighted by Crippen LogP contribution is 2.38. The van der Waals surface area contributed by atoms with Gasteiger partial charge in [0.15, 0.2) is 6.61 Å². The highest BCUT2D eigenvalue weighted by atomic mass is 32.1. The van der Waals surface area contributed by atoms with Gasteiger partial charge in [-0.3, -0.25) is 4.79 Å². The number of thiophene rings is 1. The molecule has 0 radical (unpaired) electrons. The minimum atomic E-state index is -0.0969. The van der Waals surface area contributed by atoms with Gasteiger partial charge < -0.3 is 14.1 Å². The first-order valence-corrected chi connectivity index (χ1v) is 9.48. The maximum Gasteiger partial charge on any atom is 0.260 e. The monoisotopic (exact) mass is 372 g/mol. The summed E-state index contributed by atoms with van der Waals surface area (Å²) in [6.07, 6.45) is 1.60. The largest absolute Gasteiger partial charge is 0.483 e. The summed E-state index contributed by atoms with van der Waals surface area (Å²) in [5.74, 6) is 1.38. The lowest BCUT2D eigenvalue weighted by Crippen LogP contribution is -2.30. The van der Waals surface area contributed by atoms with Gasteiger partial charge in [-0.15, -0.1) is 22.7 Å². The van der Waals surface area contributed by atoms with Crippen molar-refractivity contribution in [2.45, 2.75) is 13.5 Å². The zero-order valence-corrected chi connectivity index (χ0v) is 15.4. The number of aryl methyl sites for hydroxylation is 1. The maximum atomic E-state index is 12.3. The van der Waals surface area contributed by atoms with E-state index in [9.17, 15) is 4.79 Å². The zero-order chi connectivity index (χ0) is 17.4. The van der Waals surface area contributed by atoms with Crippen LogP contribution in [-0.2, 0) is 11.3 Å². The Hall–Kier alpha value is -2.38. The number of fused-ring (bicyclic) bond motifs is 3. The number of carbonyl (C=O) groups excluding carboxylic acids is 1. The average molecular weight is 372 g/mol. The van der Waals surface area contributed by atoms with Gasteiger partial charge in [-0.1, -0.05) is 0 Å². The predicted molar refractivity (Wildman–Crippen MR) is 100 cm³/mol. The summed E-state index contributed by atoms with van der Waals surface area (Å²) in [6.45, 7) is 2.42. The minimum absolute atomic E-state index is 0.00848. The second kappa shape index (κ2) is 6.50. The molecule has 0 atom stereocenters. The summed E-state index contributed by atoms with van der Waals surface area (Å²) < 4.78 is 13.3. The molecule has 1 aromatic carbocycles. The van der Waals surface area contributed by atoms with Gasteiger partial charge in [0, 0.05) is 18.5 Å².